The molecule has 2 aromatic heterocycles. The Morgan fingerprint density at radius 2 is 2.27 bits per heavy atom. The number of ether oxygens (including phenoxy) is 2. The molecule has 1 aliphatic rings. The second-order valence-electron chi connectivity index (χ2n) is 6.47. The van der Waals surface area contributed by atoms with Gasteiger partial charge >= 0.3 is 0 Å². The Kier molecular flexibility index (Phi) is 5.34. The van der Waals surface area contributed by atoms with Gasteiger partial charge in [0.15, 0.2) is 5.13 Å². The van der Waals surface area contributed by atoms with Crippen LogP contribution in [-0.2, 0) is 17.7 Å². The van der Waals surface area contributed by atoms with E-state index in [2.05, 4.69) is 44.9 Å². The van der Waals surface area contributed by atoms with Gasteiger partial charge in [-0.3, -0.25) is 9.47 Å². The van der Waals surface area contributed by atoms with Crippen molar-refractivity contribution in [3.8, 4) is 10.9 Å². The van der Waals surface area contributed by atoms with Crippen LogP contribution in [0.3, 0.4) is 0 Å². The van der Waals surface area contributed by atoms with Crippen LogP contribution in [0.15, 0.2) is 54.2 Å². The topological polar surface area (TPSA) is 39.5 Å². The molecule has 1 aromatic carbocycles. The van der Waals surface area contributed by atoms with Crippen molar-refractivity contribution in [3.05, 3.63) is 65.4 Å². The van der Waals surface area contributed by atoms with Crippen LogP contribution in [0.25, 0.3) is 5.13 Å². The zero-order chi connectivity index (χ0) is 17.8. The summed E-state index contributed by atoms with van der Waals surface area (Å²) in [5.41, 5.74) is 2.52. The van der Waals surface area contributed by atoms with Crippen molar-refractivity contribution in [3.63, 3.8) is 0 Å². The number of methoxy groups -OCH3 is 1. The maximum absolute atomic E-state index is 6.01. The van der Waals surface area contributed by atoms with Gasteiger partial charge in [-0.05, 0) is 29.8 Å². The van der Waals surface area contributed by atoms with Crippen LogP contribution in [0.1, 0.15) is 11.3 Å². The number of morpholine rings is 1. The van der Waals surface area contributed by atoms with Crippen molar-refractivity contribution in [1.82, 2.24) is 14.5 Å². The lowest BCUT2D eigenvalue weighted by atomic mass is 10.1. The van der Waals surface area contributed by atoms with E-state index in [1.54, 1.807) is 18.4 Å². The molecule has 3 aromatic rings. The summed E-state index contributed by atoms with van der Waals surface area (Å²) in [6, 6.07) is 12.5. The van der Waals surface area contributed by atoms with Gasteiger partial charge < -0.3 is 9.47 Å². The molecule has 6 heteroatoms. The number of hydrogen-bond donors (Lipinski definition) is 0. The van der Waals surface area contributed by atoms with Crippen molar-refractivity contribution in [2.45, 2.75) is 19.1 Å². The first-order chi connectivity index (χ1) is 12.8. The number of rotatable bonds is 6. The molecule has 0 radical (unpaired) electrons. The molecule has 0 spiro atoms. The molecule has 0 unspecified atom stereocenters. The Hall–Kier alpha value is -2.15. The highest BCUT2D eigenvalue weighted by atomic mass is 32.1. The van der Waals surface area contributed by atoms with Gasteiger partial charge in [0.2, 0.25) is 0 Å². The maximum Gasteiger partial charge on any atom is 0.193 e. The third kappa shape index (κ3) is 3.98. The molecule has 0 aliphatic carbocycles. The highest BCUT2D eigenvalue weighted by molar-refractivity contribution is 7.12. The molecule has 4 rings (SSSR count). The molecule has 1 atom stereocenters. The van der Waals surface area contributed by atoms with E-state index in [1.165, 1.54) is 11.3 Å². The van der Waals surface area contributed by atoms with Gasteiger partial charge in [-0.25, -0.2) is 4.98 Å². The number of thiazole rings is 1. The van der Waals surface area contributed by atoms with Crippen molar-refractivity contribution < 1.29 is 9.47 Å². The Labute approximate surface area is 157 Å². The summed E-state index contributed by atoms with van der Waals surface area (Å²) in [5, 5.41) is 3.03. The third-order valence-corrected chi connectivity index (χ3v) is 5.44. The van der Waals surface area contributed by atoms with Crippen LogP contribution in [-0.4, -0.2) is 47.4 Å². The largest absolute Gasteiger partial charge is 0.497 e. The average Bonchev–Trinajstić information content (AvgIpc) is 3.33. The van der Waals surface area contributed by atoms with E-state index in [1.807, 2.05) is 23.7 Å². The molecular formula is C20H23N3O2S. The molecule has 0 N–H and O–H groups in total. The zero-order valence-corrected chi connectivity index (χ0v) is 15.7. The Bertz CT molecular complexity index is 831. The van der Waals surface area contributed by atoms with Crippen LogP contribution in [0, 0.1) is 0 Å². The van der Waals surface area contributed by atoms with Gasteiger partial charge in [0.25, 0.3) is 0 Å². The SMILES string of the molecule is COc1cccc(C[C@H]2CN(Cc3cccn3-c3nccs3)CCO2)c1. The Morgan fingerprint density at radius 1 is 1.31 bits per heavy atom. The molecule has 0 bridgehead atoms. The molecule has 26 heavy (non-hydrogen) atoms. The standard InChI is InChI=1S/C20H23N3O2S/c1-24-18-6-2-4-16(12-18)13-19-15-22(9-10-25-19)14-17-5-3-8-23(17)20-21-7-11-26-20/h2-8,11-12,19H,9-10,13-15H2,1H3/t19-/m0/s1. The summed E-state index contributed by atoms with van der Waals surface area (Å²) in [6.45, 7) is 3.56. The van der Waals surface area contributed by atoms with E-state index >= 15 is 0 Å². The quantitative estimate of drug-likeness (QED) is 0.668. The molecule has 0 amide bonds. The van der Waals surface area contributed by atoms with E-state index < -0.39 is 0 Å². The van der Waals surface area contributed by atoms with E-state index in [0.717, 1.165) is 43.5 Å². The minimum Gasteiger partial charge on any atom is -0.497 e. The Balaban J connectivity index is 1.40. The molecule has 1 aliphatic heterocycles. The van der Waals surface area contributed by atoms with Gasteiger partial charge in [0.1, 0.15) is 5.75 Å². The van der Waals surface area contributed by atoms with Crippen molar-refractivity contribution in [1.29, 1.82) is 0 Å². The minimum atomic E-state index is 0.208. The first-order valence-electron chi connectivity index (χ1n) is 8.85. The first-order valence-corrected chi connectivity index (χ1v) is 9.73. The van der Waals surface area contributed by atoms with E-state index in [-0.39, 0.29) is 6.10 Å². The molecule has 3 heterocycles. The minimum absolute atomic E-state index is 0.208. The van der Waals surface area contributed by atoms with Crippen LogP contribution >= 0.6 is 11.3 Å². The lowest BCUT2D eigenvalue weighted by molar-refractivity contribution is -0.0309. The molecule has 5 nitrogen and oxygen atoms in total. The van der Waals surface area contributed by atoms with Gasteiger partial charge in [-0.2, -0.15) is 0 Å². The number of aromatic nitrogens is 2. The fraction of sp³-hybridized carbons (Fsp3) is 0.350. The molecular weight excluding hydrogens is 346 g/mol. The Morgan fingerprint density at radius 3 is 3.12 bits per heavy atom. The predicted molar refractivity (Wildman–Crippen MR) is 103 cm³/mol. The summed E-state index contributed by atoms with van der Waals surface area (Å²) in [6.07, 6.45) is 5.05. The third-order valence-electron chi connectivity index (χ3n) is 4.66. The van der Waals surface area contributed by atoms with E-state index in [4.69, 9.17) is 9.47 Å². The lowest BCUT2D eigenvalue weighted by Gasteiger charge is -2.33. The van der Waals surface area contributed by atoms with E-state index in [9.17, 15) is 0 Å². The van der Waals surface area contributed by atoms with Gasteiger partial charge in [0, 0.05) is 49.5 Å². The fourth-order valence-electron chi connectivity index (χ4n) is 3.41. The molecule has 0 saturated carbocycles. The summed E-state index contributed by atoms with van der Waals surface area (Å²) < 4.78 is 13.5. The van der Waals surface area contributed by atoms with Gasteiger partial charge in [-0.1, -0.05) is 12.1 Å². The smallest absolute Gasteiger partial charge is 0.193 e. The fourth-order valence-corrected chi connectivity index (χ4v) is 4.06. The van der Waals surface area contributed by atoms with Crippen LogP contribution in [0.2, 0.25) is 0 Å². The second kappa shape index (κ2) is 8.03. The van der Waals surface area contributed by atoms with Crippen LogP contribution in [0.5, 0.6) is 5.75 Å². The van der Waals surface area contributed by atoms with Crippen LogP contribution < -0.4 is 4.74 Å². The van der Waals surface area contributed by atoms with Crippen molar-refractivity contribution >= 4 is 11.3 Å². The van der Waals surface area contributed by atoms with E-state index in [0.29, 0.717) is 0 Å². The molecule has 1 saturated heterocycles. The van der Waals surface area contributed by atoms with Crippen molar-refractivity contribution in [2.24, 2.45) is 0 Å². The number of benzene rings is 1. The van der Waals surface area contributed by atoms with Crippen molar-refractivity contribution in [2.75, 3.05) is 26.8 Å². The second-order valence-corrected chi connectivity index (χ2v) is 7.34. The average molecular weight is 369 g/mol. The van der Waals surface area contributed by atoms with Crippen LogP contribution in [0.4, 0.5) is 0 Å². The lowest BCUT2D eigenvalue weighted by Crippen LogP contribution is -2.43. The highest BCUT2D eigenvalue weighted by Crippen LogP contribution is 2.20. The zero-order valence-electron chi connectivity index (χ0n) is 14.9. The maximum atomic E-state index is 6.01. The van der Waals surface area contributed by atoms with Gasteiger partial charge in [0.05, 0.1) is 19.8 Å². The number of nitrogens with zero attached hydrogens (tertiary/aromatic N) is 3. The highest BCUT2D eigenvalue weighted by Gasteiger charge is 2.22. The summed E-state index contributed by atoms with van der Waals surface area (Å²) in [7, 11) is 1.70. The summed E-state index contributed by atoms with van der Waals surface area (Å²) in [5.74, 6) is 0.899. The summed E-state index contributed by atoms with van der Waals surface area (Å²) >= 11 is 1.66. The molecule has 136 valence electrons. The summed E-state index contributed by atoms with van der Waals surface area (Å²) in [4.78, 5) is 6.89. The monoisotopic (exact) mass is 369 g/mol. The first kappa shape index (κ1) is 17.3. The number of hydrogen-bond acceptors (Lipinski definition) is 5. The van der Waals surface area contributed by atoms with Gasteiger partial charge in [-0.15, -0.1) is 11.3 Å². The molecule has 1 fully saturated rings. The predicted octanol–water partition coefficient (Wildman–Crippen LogP) is 3.39. The normalized spacial score (nSPS) is 18.1.